The first-order valence-electron chi connectivity index (χ1n) is 10.6. The van der Waals surface area contributed by atoms with Gasteiger partial charge < -0.3 is 19.8 Å². The van der Waals surface area contributed by atoms with E-state index < -0.39 is 23.9 Å². The van der Waals surface area contributed by atoms with Gasteiger partial charge in [0.15, 0.2) is 0 Å². The number of H-pyrrole nitrogens is 1. The zero-order valence-electron chi connectivity index (χ0n) is 18.6. The Hall–Kier alpha value is -3.82. The van der Waals surface area contributed by atoms with E-state index in [1.807, 2.05) is 19.1 Å². The average molecular weight is 475 g/mol. The largest absolute Gasteiger partial charge is 0.573 e. The van der Waals surface area contributed by atoms with Crippen LogP contribution in [0, 0.1) is 0 Å². The third-order valence-corrected chi connectivity index (χ3v) is 4.95. The molecule has 2 N–H and O–H groups in total. The Bertz CT molecular complexity index is 1160. The normalized spacial score (nSPS) is 12.1. The standard InChI is InChI=1S/C24H24F3N3O4/c1-3-4-19(16-7-11-18(12-8-16)34-24(25,26)27)29-23(32)20-14-22(31)30-21(28-20)13-15-5-9-17(33-2)10-6-15/h5-12,14,19H,3-4,13H2,1-2H3,(H,29,32)(H,28,30,31)/t19-/m1/s1. The predicted molar refractivity (Wildman–Crippen MR) is 119 cm³/mol. The second kappa shape index (κ2) is 10.9. The number of nitrogens with one attached hydrogen (secondary N) is 2. The molecule has 3 aromatic rings. The summed E-state index contributed by atoms with van der Waals surface area (Å²) in [7, 11) is 1.56. The fourth-order valence-corrected chi connectivity index (χ4v) is 3.39. The summed E-state index contributed by atoms with van der Waals surface area (Å²) in [6, 6.07) is 13.1. The number of alkyl halides is 3. The molecule has 0 radical (unpaired) electrons. The van der Waals surface area contributed by atoms with Crippen molar-refractivity contribution >= 4 is 5.91 Å². The van der Waals surface area contributed by atoms with E-state index in [1.165, 1.54) is 24.3 Å². The van der Waals surface area contributed by atoms with Crippen molar-refractivity contribution in [1.82, 2.24) is 15.3 Å². The molecule has 0 fully saturated rings. The van der Waals surface area contributed by atoms with Crippen LogP contribution in [-0.2, 0) is 6.42 Å². The summed E-state index contributed by atoms with van der Waals surface area (Å²) in [5.41, 5.74) is 0.953. The van der Waals surface area contributed by atoms with E-state index in [-0.39, 0.29) is 11.4 Å². The number of methoxy groups -OCH3 is 1. The first kappa shape index (κ1) is 24.8. The summed E-state index contributed by atoms with van der Waals surface area (Å²) < 4.78 is 46.2. The highest BCUT2D eigenvalue weighted by molar-refractivity contribution is 5.92. The lowest BCUT2D eigenvalue weighted by Gasteiger charge is -2.19. The Morgan fingerprint density at radius 2 is 1.74 bits per heavy atom. The fourth-order valence-electron chi connectivity index (χ4n) is 3.39. The number of hydrogen-bond acceptors (Lipinski definition) is 5. The van der Waals surface area contributed by atoms with Gasteiger partial charge in [0.1, 0.15) is 23.0 Å². The molecule has 1 atom stereocenters. The first-order chi connectivity index (χ1) is 16.2. The molecule has 180 valence electrons. The zero-order valence-corrected chi connectivity index (χ0v) is 18.6. The van der Waals surface area contributed by atoms with Gasteiger partial charge in [0.25, 0.3) is 11.5 Å². The number of nitrogens with zero attached hydrogens (tertiary/aromatic N) is 1. The number of carbonyl (C=O) groups excluding carboxylic acids is 1. The molecule has 10 heteroatoms. The summed E-state index contributed by atoms with van der Waals surface area (Å²) >= 11 is 0. The van der Waals surface area contributed by atoms with Crippen LogP contribution in [-0.4, -0.2) is 29.3 Å². The molecule has 1 aromatic heterocycles. The van der Waals surface area contributed by atoms with Crippen molar-refractivity contribution in [3.05, 3.63) is 87.6 Å². The first-order valence-corrected chi connectivity index (χ1v) is 10.6. The minimum atomic E-state index is -4.78. The van der Waals surface area contributed by atoms with Crippen molar-refractivity contribution in [2.45, 2.75) is 38.6 Å². The van der Waals surface area contributed by atoms with Crippen molar-refractivity contribution in [3.8, 4) is 11.5 Å². The van der Waals surface area contributed by atoms with E-state index in [9.17, 15) is 22.8 Å². The monoisotopic (exact) mass is 475 g/mol. The maximum atomic E-state index is 12.9. The smallest absolute Gasteiger partial charge is 0.497 e. The number of benzene rings is 2. The predicted octanol–water partition coefficient (Wildman–Crippen LogP) is 4.54. The van der Waals surface area contributed by atoms with Gasteiger partial charge in [0, 0.05) is 12.5 Å². The maximum absolute atomic E-state index is 12.9. The van der Waals surface area contributed by atoms with Crippen LogP contribution < -0.4 is 20.3 Å². The second-order valence-corrected chi connectivity index (χ2v) is 7.53. The Kier molecular flexibility index (Phi) is 7.93. The van der Waals surface area contributed by atoms with Crippen molar-refractivity contribution in [1.29, 1.82) is 0 Å². The van der Waals surface area contributed by atoms with E-state index >= 15 is 0 Å². The molecular formula is C24H24F3N3O4. The van der Waals surface area contributed by atoms with Crippen LogP contribution in [0.5, 0.6) is 11.5 Å². The molecule has 0 spiro atoms. The highest BCUT2D eigenvalue weighted by Gasteiger charge is 2.31. The maximum Gasteiger partial charge on any atom is 0.573 e. The summed E-state index contributed by atoms with van der Waals surface area (Å²) in [5, 5.41) is 2.82. The number of amides is 1. The molecule has 3 rings (SSSR count). The summed E-state index contributed by atoms with van der Waals surface area (Å²) in [6.45, 7) is 1.92. The molecule has 1 heterocycles. The number of halogens is 3. The fraction of sp³-hybridized carbons (Fsp3) is 0.292. The summed E-state index contributed by atoms with van der Waals surface area (Å²) in [6.07, 6.45) is -3.24. The van der Waals surface area contributed by atoms with Crippen molar-refractivity contribution < 1.29 is 27.4 Å². The lowest BCUT2D eigenvalue weighted by Crippen LogP contribution is -2.31. The highest BCUT2D eigenvalue weighted by Crippen LogP contribution is 2.26. The van der Waals surface area contributed by atoms with Crippen LogP contribution in [0.2, 0.25) is 0 Å². The quantitative estimate of drug-likeness (QED) is 0.474. The number of aromatic nitrogens is 2. The van der Waals surface area contributed by atoms with E-state index in [2.05, 4.69) is 20.0 Å². The Morgan fingerprint density at radius 1 is 1.09 bits per heavy atom. The van der Waals surface area contributed by atoms with Gasteiger partial charge in [-0.25, -0.2) is 4.98 Å². The molecule has 0 aliphatic rings. The van der Waals surface area contributed by atoms with Gasteiger partial charge in [-0.05, 0) is 41.8 Å². The average Bonchev–Trinajstić information content (AvgIpc) is 2.78. The van der Waals surface area contributed by atoms with Crippen molar-refractivity contribution in [3.63, 3.8) is 0 Å². The SMILES string of the molecule is CCC[C@@H](NC(=O)c1cc(=O)[nH]c(Cc2ccc(OC)cc2)n1)c1ccc(OC(F)(F)F)cc1. The van der Waals surface area contributed by atoms with Gasteiger partial charge >= 0.3 is 6.36 Å². The number of ether oxygens (including phenoxy) is 2. The van der Waals surface area contributed by atoms with Gasteiger partial charge in [-0.15, -0.1) is 13.2 Å². The highest BCUT2D eigenvalue weighted by atomic mass is 19.4. The second-order valence-electron chi connectivity index (χ2n) is 7.53. The third-order valence-electron chi connectivity index (χ3n) is 4.95. The molecule has 0 unspecified atom stereocenters. The van der Waals surface area contributed by atoms with Gasteiger partial charge in [0.2, 0.25) is 0 Å². The topological polar surface area (TPSA) is 93.3 Å². The molecule has 0 aliphatic carbocycles. The van der Waals surface area contributed by atoms with Crippen LogP contribution in [0.4, 0.5) is 13.2 Å². The van der Waals surface area contributed by atoms with Gasteiger partial charge in [-0.3, -0.25) is 9.59 Å². The summed E-state index contributed by atoms with van der Waals surface area (Å²) in [4.78, 5) is 31.9. The Balaban J connectivity index is 1.75. The molecule has 34 heavy (non-hydrogen) atoms. The molecule has 0 aliphatic heterocycles. The van der Waals surface area contributed by atoms with E-state index in [0.29, 0.717) is 36.4 Å². The van der Waals surface area contributed by atoms with Crippen molar-refractivity contribution in [2.75, 3.05) is 7.11 Å². The van der Waals surface area contributed by atoms with E-state index in [1.54, 1.807) is 19.2 Å². The minimum absolute atomic E-state index is 0.0506. The summed E-state index contributed by atoms with van der Waals surface area (Å²) in [5.74, 6) is 0.107. The number of carbonyl (C=O) groups is 1. The van der Waals surface area contributed by atoms with Gasteiger partial charge in [-0.2, -0.15) is 0 Å². The number of hydrogen-bond donors (Lipinski definition) is 2. The number of aromatic amines is 1. The molecule has 0 saturated heterocycles. The molecule has 0 bridgehead atoms. The van der Waals surface area contributed by atoms with Crippen LogP contribution >= 0.6 is 0 Å². The van der Waals surface area contributed by atoms with Gasteiger partial charge in [0.05, 0.1) is 13.2 Å². The lowest BCUT2D eigenvalue weighted by molar-refractivity contribution is -0.274. The van der Waals surface area contributed by atoms with E-state index in [0.717, 1.165) is 11.6 Å². The Labute approximate surface area is 194 Å². The molecular weight excluding hydrogens is 451 g/mol. The Morgan fingerprint density at radius 3 is 2.32 bits per heavy atom. The molecule has 2 aromatic carbocycles. The molecule has 1 amide bonds. The van der Waals surface area contributed by atoms with Crippen LogP contribution in [0.1, 0.15) is 53.2 Å². The van der Waals surface area contributed by atoms with Gasteiger partial charge in [-0.1, -0.05) is 37.6 Å². The van der Waals surface area contributed by atoms with Crippen LogP contribution in [0.25, 0.3) is 0 Å². The zero-order chi connectivity index (χ0) is 24.7. The van der Waals surface area contributed by atoms with Crippen LogP contribution in [0.3, 0.4) is 0 Å². The molecule has 0 saturated carbocycles. The molecule has 7 nitrogen and oxygen atoms in total. The number of rotatable bonds is 9. The third kappa shape index (κ3) is 7.09. The minimum Gasteiger partial charge on any atom is -0.497 e. The van der Waals surface area contributed by atoms with Crippen LogP contribution in [0.15, 0.2) is 59.4 Å². The van der Waals surface area contributed by atoms with E-state index in [4.69, 9.17) is 4.74 Å². The van der Waals surface area contributed by atoms with Crippen molar-refractivity contribution in [2.24, 2.45) is 0 Å². The lowest BCUT2D eigenvalue weighted by atomic mass is 10.0.